The van der Waals surface area contributed by atoms with Crippen LogP contribution in [0.4, 0.5) is 10.2 Å². The smallest absolute Gasteiger partial charge is 0.143 e. The van der Waals surface area contributed by atoms with E-state index in [0.29, 0.717) is 13.0 Å². The molecule has 0 unspecified atom stereocenters. The van der Waals surface area contributed by atoms with E-state index in [9.17, 15) is 4.39 Å². The highest BCUT2D eigenvalue weighted by Gasteiger charge is 2.23. The summed E-state index contributed by atoms with van der Waals surface area (Å²) in [7, 11) is 2.00. The number of hydrogen-bond donors (Lipinski definition) is 0. The first-order chi connectivity index (χ1) is 9.74. The Balaban J connectivity index is 1.91. The molecule has 0 amide bonds. The van der Waals surface area contributed by atoms with Crippen molar-refractivity contribution in [2.75, 3.05) is 18.0 Å². The summed E-state index contributed by atoms with van der Waals surface area (Å²) < 4.78 is 15.4. The summed E-state index contributed by atoms with van der Waals surface area (Å²) in [6, 6.07) is 6.03. The summed E-state index contributed by atoms with van der Waals surface area (Å²) in [4.78, 5) is 10.9. The number of anilines is 1. The number of hydrogen-bond acceptors (Lipinski definition) is 3. The van der Waals surface area contributed by atoms with E-state index in [1.54, 1.807) is 6.20 Å². The number of halogens is 1. The van der Waals surface area contributed by atoms with Crippen molar-refractivity contribution in [1.29, 1.82) is 0 Å². The largest absolute Gasteiger partial charge is 0.354 e. The molecule has 0 bridgehead atoms. The molecule has 4 heterocycles. The normalized spacial score (nSPS) is 19.3. The molecule has 1 aliphatic rings. The molecule has 1 aliphatic heterocycles. The lowest BCUT2D eigenvalue weighted by molar-refractivity contribution is 0.364. The number of aryl methyl sites for hydroxylation is 1. The number of aromatic nitrogens is 3. The maximum absolute atomic E-state index is 13.3. The third-order valence-corrected chi connectivity index (χ3v) is 4.08. The Morgan fingerprint density at radius 1 is 1.25 bits per heavy atom. The molecule has 0 spiro atoms. The van der Waals surface area contributed by atoms with Crippen molar-refractivity contribution < 1.29 is 4.39 Å². The van der Waals surface area contributed by atoms with Crippen LogP contribution in [0.5, 0.6) is 0 Å². The first kappa shape index (κ1) is 11.6. The minimum Gasteiger partial charge on any atom is -0.354 e. The zero-order valence-corrected chi connectivity index (χ0v) is 11.3. The summed E-state index contributed by atoms with van der Waals surface area (Å²) in [5.74, 6) is 0.858. The Labute approximate surface area is 115 Å². The zero-order chi connectivity index (χ0) is 13.7. The molecule has 1 fully saturated rings. The summed E-state index contributed by atoms with van der Waals surface area (Å²) in [6.45, 7) is 1.19. The van der Waals surface area contributed by atoms with Crippen LogP contribution in [-0.4, -0.2) is 33.8 Å². The quantitative estimate of drug-likeness (QED) is 0.681. The van der Waals surface area contributed by atoms with Crippen LogP contribution in [0.3, 0.4) is 0 Å². The van der Waals surface area contributed by atoms with Gasteiger partial charge in [0.25, 0.3) is 0 Å². The van der Waals surface area contributed by atoms with Gasteiger partial charge in [-0.05, 0) is 24.6 Å². The highest BCUT2D eigenvalue weighted by Crippen LogP contribution is 2.29. The van der Waals surface area contributed by atoms with Gasteiger partial charge in [-0.2, -0.15) is 0 Å². The van der Waals surface area contributed by atoms with Crippen molar-refractivity contribution in [2.24, 2.45) is 7.05 Å². The highest BCUT2D eigenvalue weighted by atomic mass is 18.2. The third-order valence-electron chi connectivity index (χ3n) is 4.08. The van der Waals surface area contributed by atoms with Gasteiger partial charge in [0.1, 0.15) is 17.6 Å². The molecule has 3 aromatic rings. The molecule has 0 radical (unpaired) electrons. The van der Waals surface area contributed by atoms with Gasteiger partial charge >= 0.3 is 0 Å². The highest BCUT2D eigenvalue weighted by molar-refractivity contribution is 6.06. The van der Waals surface area contributed by atoms with Gasteiger partial charge in [0.15, 0.2) is 0 Å². The van der Waals surface area contributed by atoms with Crippen LogP contribution in [0.1, 0.15) is 6.42 Å². The van der Waals surface area contributed by atoms with Crippen LogP contribution in [0.25, 0.3) is 21.9 Å². The summed E-state index contributed by atoms with van der Waals surface area (Å²) >= 11 is 0. The van der Waals surface area contributed by atoms with Crippen LogP contribution < -0.4 is 4.90 Å². The van der Waals surface area contributed by atoms with Crippen molar-refractivity contribution in [2.45, 2.75) is 12.6 Å². The van der Waals surface area contributed by atoms with Gasteiger partial charge in [-0.25, -0.2) is 9.37 Å². The van der Waals surface area contributed by atoms with Gasteiger partial charge in [-0.1, -0.05) is 0 Å². The first-order valence-corrected chi connectivity index (χ1v) is 6.82. The van der Waals surface area contributed by atoms with E-state index in [1.807, 2.05) is 30.3 Å². The molecule has 0 aromatic carbocycles. The summed E-state index contributed by atoms with van der Waals surface area (Å²) in [5, 5.41) is 2.20. The van der Waals surface area contributed by atoms with Crippen LogP contribution in [0, 0.1) is 0 Å². The van der Waals surface area contributed by atoms with Gasteiger partial charge < -0.3 is 9.47 Å². The van der Waals surface area contributed by atoms with E-state index in [-0.39, 0.29) is 0 Å². The second-order valence-electron chi connectivity index (χ2n) is 5.32. The van der Waals surface area contributed by atoms with E-state index in [2.05, 4.69) is 15.6 Å². The number of alkyl halides is 1. The SMILES string of the molecule is Cn1c2ccncc2c2ccc(N3CC[C@@H]([18F])C3)nc21. The lowest BCUT2D eigenvalue weighted by Crippen LogP contribution is -2.21. The molecule has 4 rings (SSSR count). The van der Waals surface area contributed by atoms with Crippen LogP contribution in [-0.2, 0) is 7.05 Å². The summed E-state index contributed by atoms with van der Waals surface area (Å²) in [5.41, 5.74) is 2.04. The zero-order valence-electron chi connectivity index (χ0n) is 11.3. The van der Waals surface area contributed by atoms with Crippen molar-refractivity contribution in [3.8, 4) is 0 Å². The molecule has 0 saturated carbocycles. The van der Waals surface area contributed by atoms with Crippen LogP contribution in [0.2, 0.25) is 0 Å². The molecule has 4 nitrogen and oxygen atoms in total. The molecule has 0 N–H and O–H groups in total. The predicted molar refractivity (Wildman–Crippen MR) is 77.7 cm³/mol. The number of nitrogens with zero attached hydrogens (tertiary/aromatic N) is 4. The predicted octanol–water partition coefficient (Wildman–Crippen LogP) is 2.67. The third kappa shape index (κ3) is 1.59. The first-order valence-electron chi connectivity index (χ1n) is 6.82. The van der Waals surface area contributed by atoms with Crippen LogP contribution in [0.15, 0.2) is 30.6 Å². The minimum absolute atomic E-state index is 0.448. The molecule has 102 valence electrons. The number of fused-ring (bicyclic) bond motifs is 3. The van der Waals surface area contributed by atoms with Crippen LogP contribution >= 0.6 is 0 Å². The standard InChI is InChI=1S/C15H15FN4/c1-19-13-4-6-17-8-12(13)11-2-3-14(18-15(11)19)20-7-5-10(16)9-20/h2-4,6,8,10H,5,7,9H2,1H3/t10-/m1/s1/i16-1. The molecular weight excluding hydrogens is 254 g/mol. The van der Waals surface area contributed by atoms with Crippen molar-refractivity contribution in [3.63, 3.8) is 0 Å². The molecule has 20 heavy (non-hydrogen) atoms. The van der Waals surface area contributed by atoms with E-state index in [1.165, 1.54) is 0 Å². The van der Waals surface area contributed by atoms with Gasteiger partial charge in [0.2, 0.25) is 0 Å². The maximum Gasteiger partial charge on any atom is 0.143 e. The Hall–Kier alpha value is -2.17. The number of pyridine rings is 2. The maximum atomic E-state index is 13.3. The van der Waals surface area contributed by atoms with E-state index in [0.717, 1.165) is 34.3 Å². The Bertz CT molecular complexity index is 795. The fraction of sp³-hybridized carbons (Fsp3) is 0.333. The topological polar surface area (TPSA) is 34.0 Å². The molecule has 5 heteroatoms. The van der Waals surface area contributed by atoms with Gasteiger partial charge in [-0.15, -0.1) is 0 Å². The Morgan fingerprint density at radius 3 is 2.95 bits per heavy atom. The minimum atomic E-state index is -0.732. The van der Waals surface area contributed by atoms with Crippen molar-refractivity contribution >= 4 is 27.8 Å². The lowest BCUT2D eigenvalue weighted by atomic mass is 10.2. The van der Waals surface area contributed by atoms with E-state index >= 15 is 0 Å². The van der Waals surface area contributed by atoms with E-state index < -0.39 is 6.17 Å². The Morgan fingerprint density at radius 2 is 2.15 bits per heavy atom. The van der Waals surface area contributed by atoms with Crippen molar-refractivity contribution in [1.82, 2.24) is 14.5 Å². The average molecular weight is 269 g/mol. The fourth-order valence-corrected chi connectivity index (χ4v) is 3.01. The molecule has 1 saturated heterocycles. The van der Waals surface area contributed by atoms with E-state index in [4.69, 9.17) is 4.98 Å². The molecule has 1 atom stereocenters. The number of rotatable bonds is 1. The van der Waals surface area contributed by atoms with Crippen molar-refractivity contribution in [3.05, 3.63) is 30.6 Å². The van der Waals surface area contributed by atoms with Gasteiger partial charge in [0.05, 0.1) is 12.1 Å². The molecular formula is C15H15FN4. The van der Waals surface area contributed by atoms with Gasteiger partial charge in [0, 0.05) is 36.8 Å². The average Bonchev–Trinajstić information content (AvgIpc) is 3.03. The molecule has 0 aliphatic carbocycles. The summed E-state index contributed by atoms with van der Waals surface area (Å²) in [6.07, 6.45) is 3.52. The second-order valence-corrected chi connectivity index (χ2v) is 5.32. The second kappa shape index (κ2) is 4.16. The fourth-order valence-electron chi connectivity index (χ4n) is 3.01. The monoisotopic (exact) mass is 269 g/mol. The molecule has 3 aromatic heterocycles. The lowest BCUT2D eigenvalue weighted by Gasteiger charge is -2.16. The van der Waals surface area contributed by atoms with Gasteiger partial charge in [-0.3, -0.25) is 4.98 Å². The Kier molecular flexibility index (Phi) is 2.42.